The zero-order chi connectivity index (χ0) is 21.2. The van der Waals surface area contributed by atoms with Gasteiger partial charge in [0.15, 0.2) is 18.1 Å². The van der Waals surface area contributed by atoms with Crippen molar-refractivity contribution in [1.29, 1.82) is 0 Å². The van der Waals surface area contributed by atoms with Crippen LogP contribution in [-0.4, -0.2) is 32.1 Å². The second-order valence-electron chi connectivity index (χ2n) is 5.89. The van der Waals surface area contributed by atoms with Crippen LogP contribution < -0.4 is 25.1 Å². The molecule has 0 aliphatic carbocycles. The van der Waals surface area contributed by atoms with Gasteiger partial charge >= 0.3 is 0 Å². The Morgan fingerprint density at radius 2 is 1.86 bits per heavy atom. The lowest BCUT2D eigenvalue weighted by molar-refractivity contribution is -0.128. The summed E-state index contributed by atoms with van der Waals surface area (Å²) < 4.78 is 16.1. The van der Waals surface area contributed by atoms with E-state index >= 15 is 0 Å². The lowest BCUT2D eigenvalue weighted by atomic mass is 10.2. The van der Waals surface area contributed by atoms with Gasteiger partial charge in [-0.05, 0) is 49.2 Å². The van der Waals surface area contributed by atoms with Crippen LogP contribution in [-0.2, 0) is 9.59 Å². The molecule has 0 saturated carbocycles. The standard InChI is InChI=1S/C21H23ClN2O5/c1-4-28-21-16(22)11-15(12-18(21)27-3)9-10-19(25)23-24-20(26)13-29-17-8-6-5-7-14(17)2/h5-12H,4,13H2,1-3H3,(H,23,25)(H,24,26)/b10-9+. The van der Waals surface area contributed by atoms with E-state index < -0.39 is 11.8 Å². The lowest BCUT2D eigenvalue weighted by Crippen LogP contribution is -2.43. The monoisotopic (exact) mass is 418 g/mol. The molecule has 0 aliphatic rings. The molecule has 2 rings (SSSR count). The van der Waals surface area contributed by atoms with Gasteiger partial charge in [0.25, 0.3) is 11.8 Å². The van der Waals surface area contributed by atoms with Gasteiger partial charge in [-0.2, -0.15) is 0 Å². The van der Waals surface area contributed by atoms with Crippen molar-refractivity contribution in [2.45, 2.75) is 13.8 Å². The molecule has 154 valence electrons. The average molecular weight is 419 g/mol. The number of rotatable bonds is 8. The number of aryl methyl sites for hydroxylation is 1. The van der Waals surface area contributed by atoms with Crippen LogP contribution in [0.1, 0.15) is 18.1 Å². The number of para-hydroxylation sites is 1. The van der Waals surface area contributed by atoms with Crippen LogP contribution in [0.5, 0.6) is 17.2 Å². The maximum Gasteiger partial charge on any atom is 0.276 e. The van der Waals surface area contributed by atoms with Gasteiger partial charge in [0.2, 0.25) is 0 Å². The molecule has 2 aromatic rings. The highest BCUT2D eigenvalue weighted by Gasteiger charge is 2.11. The second-order valence-corrected chi connectivity index (χ2v) is 6.30. The van der Waals surface area contributed by atoms with Gasteiger partial charge in [0.1, 0.15) is 5.75 Å². The first-order valence-corrected chi connectivity index (χ1v) is 9.28. The van der Waals surface area contributed by atoms with E-state index in [4.69, 9.17) is 25.8 Å². The predicted molar refractivity (Wildman–Crippen MR) is 111 cm³/mol. The Morgan fingerprint density at radius 1 is 1.10 bits per heavy atom. The zero-order valence-corrected chi connectivity index (χ0v) is 17.2. The number of carbonyl (C=O) groups is 2. The highest BCUT2D eigenvalue weighted by molar-refractivity contribution is 6.32. The average Bonchev–Trinajstić information content (AvgIpc) is 2.71. The van der Waals surface area contributed by atoms with Crippen molar-refractivity contribution in [1.82, 2.24) is 10.9 Å². The minimum Gasteiger partial charge on any atom is -0.493 e. The number of hydrogen-bond donors (Lipinski definition) is 2. The molecule has 0 atom stereocenters. The van der Waals surface area contributed by atoms with Crippen molar-refractivity contribution in [3.63, 3.8) is 0 Å². The summed E-state index contributed by atoms with van der Waals surface area (Å²) in [5, 5.41) is 0.368. The molecule has 0 spiro atoms. The number of halogens is 1. The lowest BCUT2D eigenvalue weighted by Gasteiger charge is -2.12. The molecule has 0 bridgehead atoms. The van der Waals surface area contributed by atoms with Gasteiger partial charge in [-0.1, -0.05) is 29.8 Å². The summed E-state index contributed by atoms with van der Waals surface area (Å²) >= 11 is 6.20. The van der Waals surface area contributed by atoms with Gasteiger partial charge in [-0.25, -0.2) is 0 Å². The van der Waals surface area contributed by atoms with Crippen LogP contribution in [0.2, 0.25) is 5.02 Å². The van der Waals surface area contributed by atoms with Crippen molar-refractivity contribution in [3.05, 3.63) is 58.6 Å². The predicted octanol–water partition coefficient (Wildman–Crippen LogP) is 3.30. The van der Waals surface area contributed by atoms with Crippen molar-refractivity contribution in [3.8, 4) is 17.2 Å². The van der Waals surface area contributed by atoms with Crippen molar-refractivity contribution >= 4 is 29.5 Å². The molecule has 8 heteroatoms. The van der Waals surface area contributed by atoms with E-state index in [9.17, 15) is 9.59 Å². The molecule has 0 saturated heterocycles. The molecule has 0 heterocycles. The quantitative estimate of drug-likeness (QED) is 0.507. The van der Waals surface area contributed by atoms with Gasteiger partial charge in [0.05, 0.1) is 18.7 Å². The third kappa shape index (κ3) is 6.73. The molecule has 2 aromatic carbocycles. The molecule has 0 aromatic heterocycles. The summed E-state index contributed by atoms with van der Waals surface area (Å²) in [5.74, 6) is 0.509. The number of hydrazine groups is 1. The van der Waals surface area contributed by atoms with Crippen molar-refractivity contribution < 1.29 is 23.8 Å². The normalized spacial score (nSPS) is 10.5. The topological polar surface area (TPSA) is 85.9 Å². The van der Waals surface area contributed by atoms with E-state index in [0.29, 0.717) is 34.4 Å². The molecule has 0 radical (unpaired) electrons. The highest BCUT2D eigenvalue weighted by atomic mass is 35.5. The number of nitrogens with one attached hydrogen (secondary N) is 2. The largest absolute Gasteiger partial charge is 0.493 e. The summed E-state index contributed by atoms with van der Waals surface area (Å²) in [5.41, 5.74) is 6.12. The minimum atomic E-state index is -0.516. The summed E-state index contributed by atoms with van der Waals surface area (Å²) in [6, 6.07) is 10.7. The first-order valence-electron chi connectivity index (χ1n) is 8.90. The Labute approximate surface area is 174 Å². The molecule has 0 fully saturated rings. The molecule has 2 amide bonds. The Morgan fingerprint density at radius 3 is 2.55 bits per heavy atom. The SMILES string of the molecule is CCOc1c(Cl)cc(/C=C/C(=O)NNC(=O)COc2ccccc2C)cc1OC. The molecule has 7 nitrogen and oxygen atoms in total. The molecule has 2 N–H and O–H groups in total. The van der Waals surface area contributed by atoms with Gasteiger partial charge in [-0.15, -0.1) is 0 Å². The van der Waals surface area contributed by atoms with Crippen molar-refractivity contribution in [2.24, 2.45) is 0 Å². The van der Waals surface area contributed by atoms with E-state index in [0.717, 1.165) is 5.56 Å². The number of hydrogen-bond acceptors (Lipinski definition) is 5. The Bertz CT molecular complexity index is 899. The summed E-state index contributed by atoms with van der Waals surface area (Å²) in [7, 11) is 1.50. The third-order valence-electron chi connectivity index (χ3n) is 3.75. The van der Waals surface area contributed by atoms with Crippen LogP contribution in [0.15, 0.2) is 42.5 Å². The summed E-state index contributed by atoms with van der Waals surface area (Å²) in [6.45, 7) is 3.94. The van der Waals surface area contributed by atoms with Crippen LogP contribution in [0.25, 0.3) is 6.08 Å². The van der Waals surface area contributed by atoms with Crippen molar-refractivity contribution in [2.75, 3.05) is 20.3 Å². The smallest absolute Gasteiger partial charge is 0.276 e. The van der Waals surface area contributed by atoms with Gasteiger partial charge < -0.3 is 14.2 Å². The maximum absolute atomic E-state index is 11.9. The fourth-order valence-corrected chi connectivity index (χ4v) is 2.64. The fraction of sp³-hybridized carbons (Fsp3) is 0.238. The fourth-order valence-electron chi connectivity index (χ4n) is 2.36. The number of carbonyl (C=O) groups excluding carboxylic acids is 2. The molecular formula is C21H23ClN2O5. The van der Waals surface area contributed by atoms with Crippen LogP contribution in [0, 0.1) is 6.92 Å². The van der Waals surface area contributed by atoms with Gasteiger partial charge in [-0.3, -0.25) is 20.4 Å². The Kier molecular flexibility index (Phi) is 8.36. The first kappa shape index (κ1) is 22.1. The first-order chi connectivity index (χ1) is 13.9. The second kappa shape index (κ2) is 11.0. The van der Waals surface area contributed by atoms with Crippen LogP contribution >= 0.6 is 11.6 Å². The number of benzene rings is 2. The van der Waals surface area contributed by atoms with E-state index in [2.05, 4.69) is 10.9 Å². The maximum atomic E-state index is 11.9. The third-order valence-corrected chi connectivity index (χ3v) is 4.03. The zero-order valence-electron chi connectivity index (χ0n) is 16.5. The number of ether oxygens (including phenoxy) is 3. The number of amides is 2. The van der Waals surface area contributed by atoms with E-state index in [1.807, 2.05) is 32.0 Å². The van der Waals surface area contributed by atoms with E-state index in [1.165, 1.54) is 19.3 Å². The van der Waals surface area contributed by atoms with Gasteiger partial charge in [0, 0.05) is 6.08 Å². The van der Waals surface area contributed by atoms with Crippen LogP contribution in [0.4, 0.5) is 0 Å². The minimum absolute atomic E-state index is 0.222. The summed E-state index contributed by atoms with van der Waals surface area (Å²) in [6.07, 6.45) is 2.80. The van der Waals surface area contributed by atoms with Crippen LogP contribution in [0.3, 0.4) is 0 Å². The molecule has 29 heavy (non-hydrogen) atoms. The number of methoxy groups -OCH3 is 1. The van der Waals surface area contributed by atoms with E-state index in [-0.39, 0.29) is 6.61 Å². The Hall–Kier alpha value is -3.19. The Balaban J connectivity index is 1.87. The highest BCUT2D eigenvalue weighted by Crippen LogP contribution is 2.36. The molecular weight excluding hydrogens is 396 g/mol. The molecule has 0 aliphatic heterocycles. The van der Waals surface area contributed by atoms with E-state index in [1.54, 1.807) is 18.2 Å². The summed E-state index contributed by atoms with van der Waals surface area (Å²) in [4.78, 5) is 23.7. The molecule has 0 unspecified atom stereocenters.